The lowest BCUT2D eigenvalue weighted by Gasteiger charge is -2.45. The van der Waals surface area contributed by atoms with Crippen LogP contribution in [0.25, 0.3) is 0 Å². The molecule has 5 nitrogen and oxygen atoms in total. The summed E-state index contributed by atoms with van der Waals surface area (Å²) in [5, 5.41) is 9.88. The van der Waals surface area contributed by atoms with Crippen LogP contribution in [0.5, 0.6) is 0 Å². The average molecular weight is 378 g/mol. The number of carboxylic acids is 1. The van der Waals surface area contributed by atoms with Crippen LogP contribution in [0.3, 0.4) is 0 Å². The molecule has 0 aromatic heterocycles. The maximum absolute atomic E-state index is 14.0. The smallest absolute Gasteiger partial charge is 0.326 e. The average Bonchev–Trinajstić information content (AvgIpc) is 2.73. The normalized spacial score (nSPS) is 21.8. The Bertz CT molecular complexity index is 872. The van der Waals surface area contributed by atoms with Gasteiger partial charge in [-0.2, -0.15) is 0 Å². The monoisotopic (exact) mass is 378 g/mol. The molecule has 0 saturated carbocycles. The molecule has 2 aliphatic heterocycles. The van der Waals surface area contributed by atoms with Crippen LogP contribution >= 0.6 is 0 Å². The lowest BCUT2D eigenvalue weighted by Crippen LogP contribution is -2.57. The van der Waals surface area contributed by atoms with Gasteiger partial charge in [0.15, 0.2) is 0 Å². The van der Waals surface area contributed by atoms with Crippen LogP contribution in [0, 0.1) is 0 Å². The second kappa shape index (κ2) is 7.40. The second-order valence-electron chi connectivity index (χ2n) is 8.01. The van der Waals surface area contributed by atoms with Crippen LogP contribution < -0.4 is 0 Å². The molecule has 2 aromatic carbocycles. The Labute approximate surface area is 165 Å². The van der Waals surface area contributed by atoms with Crippen LogP contribution in [0.15, 0.2) is 54.6 Å². The minimum absolute atomic E-state index is 0.0475. The number of carbonyl (C=O) groups is 2. The molecular weight excluding hydrogens is 352 g/mol. The van der Waals surface area contributed by atoms with E-state index >= 15 is 0 Å². The number of likely N-dealkylation sites (tertiary alicyclic amines) is 1. The molecule has 1 saturated heterocycles. The predicted octanol–water partition coefficient (Wildman–Crippen LogP) is 2.69. The van der Waals surface area contributed by atoms with Gasteiger partial charge < -0.3 is 14.9 Å². The molecule has 1 fully saturated rings. The van der Waals surface area contributed by atoms with Gasteiger partial charge in [0.05, 0.1) is 5.41 Å². The highest BCUT2D eigenvalue weighted by molar-refractivity contribution is 5.92. The SMILES string of the molecule is CN1CCC(C(=O)N2Cc3ccccc3CC2C(=O)O)(c2ccccc2)CC1. The first kappa shape index (κ1) is 18.7. The number of carboxylic acid groups (broad SMARTS) is 1. The van der Waals surface area contributed by atoms with Crippen molar-refractivity contribution >= 4 is 11.9 Å². The summed E-state index contributed by atoms with van der Waals surface area (Å²) in [5.41, 5.74) is 2.41. The number of rotatable bonds is 3. The Hall–Kier alpha value is -2.66. The molecule has 0 spiro atoms. The Balaban J connectivity index is 1.74. The molecule has 0 aliphatic carbocycles. The number of piperidine rings is 1. The summed E-state index contributed by atoms with van der Waals surface area (Å²) in [7, 11) is 2.07. The van der Waals surface area contributed by atoms with Gasteiger partial charge in [0.2, 0.25) is 5.91 Å². The predicted molar refractivity (Wildman–Crippen MR) is 107 cm³/mol. The second-order valence-corrected chi connectivity index (χ2v) is 8.01. The van der Waals surface area contributed by atoms with Crippen molar-refractivity contribution < 1.29 is 14.7 Å². The zero-order chi connectivity index (χ0) is 19.7. The largest absolute Gasteiger partial charge is 0.480 e. The molecule has 2 aliphatic rings. The number of carbonyl (C=O) groups excluding carboxylic acids is 1. The van der Waals surface area contributed by atoms with Crippen molar-refractivity contribution in [2.24, 2.45) is 0 Å². The van der Waals surface area contributed by atoms with Crippen LogP contribution in [-0.2, 0) is 28.0 Å². The van der Waals surface area contributed by atoms with Crippen molar-refractivity contribution in [3.63, 3.8) is 0 Å². The van der Waals surface area contributed by atoms with E-state index in [2.05, 4.69) is 11.9 Å². The van der Waals surface area contributed by atoms with Crippen LogP contribution in [0.1, 0.15) is 29.5 Å². The van der Waals surface area contributed by atoms with Gasteiger partial charge in [-0.25, -0.2) is 4.79 Å². The van der Waals surface area contributed by atoms with Crippen molar-refractivity contribution in [1.82, 2.24) is 9.80 Å². The van der Waals surface area contributed by atoms with Gasteiger partial charge in [-0.1, -0.05) is 54.6 Å². The zero-order valence-electron chi connectivity index (χ0n) is 16.2. The summed E-state index contributed by atoms with van der Waals surface area (Å²) in [5.74, 6) is -0.979. The zero-order valence-corrected chi connectivity index (χ0v) is 16.2. The number of aliphatic carboxylic acids is 1. The number of benzene rings is 2. The molecule has 1 amide bonds. The fourth-order valence-corrected chi connectivity index (χ4v) is 4.62. The molecule has 0 radical (unpaired) electrons. The van der Waals surface area contributed by atoms with Gasteiger partial charge >= 0.3 is 5.97 Å². The first-order chi connectivity index (χ1) is 13.5. The lowest BCUT2D eigenvalue weighted by molar-refractivity contribution is -0.155. The van der Waals surface area contributed by atoms with Crippen molar-refractivity contribution in [3.05, 3.63) is 71.3 Å². The number of hydrogen-bond donors (Lipinski definition) is 1. The molecule has 4 rings (SSSR count). The molecule has 146 valence electrons. The fourth-order valence-electron chi connectivity index (χ4n) is 4.62. The summed E-state index contributed by atoms with van der Waals surface area (Å²) in [4.78, 5) is 29.8. The van der Waals surface area contributed by atoms with Crippen LogP contribution in [-0.4, -0.2) is 53.0 Å². The molecule has 0 bridgehead atoms. The van der Waals surface area contributed by atoms with E-state index in [0.717, 1.165) is 29.8 Å². The molecule has 2 aromatic rings. The molecular formula is C23H26N2O3. The minimum Gasteiger partial charge on any atom is -0.480 e. The van der Waals surface area contributed by atoms with Crippen molar-refractivity contribution in [3.8, 4) is 0 Å². The Morgan fingerprint density at radius 2 is 1.57 bits per heavy atom. The van der Waals surface area contributed by atoms with Gasteiger partial charge in [-0.15, -0.1) is 0 Å². The number of fused-ring (bicyclic) bond motifs is 1. The van der Waals surface area contributed by atoms with Crippen molar-refractivity contribution in [2.45, 2.75) is 37.3 Å². The number of amides is 1. The molecule has 2 heterocycles. The summed E-state index contributed by atoms with van der Waals surface area (Å²) >= 11 is 0. The Kier molecular flexibility index (Phi) is 4.94. The van der Waals surface area contributed by atoms with E-state index in [1.54, 1.807) is 4.90 Å². The Morgan fingerprint density at radius 3 is 2.21 bits per heavy atom. The van der Waals surface area contributed by atoms with E-state index in [-0.39, 0.29) is 5.91 Å². The van der Waals surface area contributed by atoms with Crippen molar-refractivity contribution in [1.29, 1.82) is 0 Å². The quantitative estimate of drug-likeness (QED) is 0.892. The first-order valence-electron chi connectivity index (χ1n) is 9.86. The maximum Gasteiger partial charge on any atom is 0.326 e. The van der Waals surface area contributed by atoms with Gasteiger partial charge in [0.1, 0.15) is 6.04 Å². The molecule has 28 heavy (non-hydrogen) atoms. The van der Waals surface area contributed by atoms with Gasteiger partial charge in [-0.3, -0.25) is 4.79 Å². The minimum atomic E-state index is -0.931. The van der Waals surface area contributed by atoms with E-state index in [9.17, 15) is 14.7 Å². The topological polar surface area (TPSA) is 60.9 Å². The van der Waals surface area contributed by atoms with E-state index in [4.69, 9.17) is 0 Å². The van der Waals surface area contributed by atoms with Gasteiger partial charge in [0, 0.05) is 13.0 Å². The summed E-state index contributed by atoms with van der Waals surface area (Å²) in [6.07, 6.45) is 1.77. The van der Waals surface area contributed by atoms with Gasteiger partial charge in [-0.05, 0) is 49.7 Å². The van der Waals surface area contributed by atoms with Gasteiger partial charge in [0.25, 0.3) is 0 Å². The summed E-state index contributed by atoms with van der Waals surface area (Å²) < 4.78 is 0. The molecule has 1 unspecified atom stereocenters. The Morgan fingerprint density at radius 1 is 0.964 bits per heavy atom. The van der Waals surface area contributed by atoms with Crippen LogP contribution in [0.2, 0.25) is 0 Å². The molecule has 1 atom stereocenters. The molecule has 5 heteroatoms. The van der Waals surface area contributed by atoms with E-state index in [1.807, 2.05) is 54.6 Å². The maximum atomic E-state index is 14.0. The van der Waals surface area contributed by atoms with Crippen LogP contribution in [0.4, 0.5) is 0 Å². The number of hydrogen-bond acceptors (Lipinski definition) is 3. The third kappa shape index (κ3) is 3.20. The summed E-state index contributed by atoms with van der Waals surface area (Å²) in [6, 6.07) is 16.9. The first-order valence-corrected chi connectivity index (χ1v) is 9.86. The third-order valence-corrected chi connectivity index (χ3v) is 6.37. The number of nitrogens with zero attached hydrogens (tertiary/aromatic N) is 2. The molecule has 1 N–H and O–H groups in total. The van der Waals surface area contributed by atoms with Crippen molar-refractivity contribution in [2.75, 3.05) is 20.1 Å². The lowest BCUT2D eigenvalue weighted by atomic mass is 9.71. The highest BCUT2D eigenvalue weighted by Gasteiger charge is 2.48. The third-order valence-electron chi connectivity index (χ3n) is 6.37. The van der Waals surface area contributed by atoms with E-state index in [0.29, 0.717) is 25.8 Å². The standard InChI is InChI=1S/C23H26N2O3/c1-24-13-11-23(12-14-24,19-9-3-2-4-10-19)22(28)25-16-18-8-6-5-7-17(18)15-20(25)21(26)27/h2-10,20H,11-16H2,1H3,(H,26,27). The summed E-state index contributed by atoms with van der Waals surface area (Å²) in [6.45, 7) is 2.00. The fraction of sp³-hybridized carbons (Fsp3) is 0.391. The van der Waals surface area contributed by atoms with E-state index in [1.165, 1.54) is 0 Å². The highest BCUT2D eigenvalue weighted by atomic mass is 16.4. The highest BCUT2D eigenvalue weighted by Crippen LogP contribution is 2.39. The van der Waals surface area contributed by atoms with E-state index < -0.39 is 17.4 Å².